The van der Waals surface area contributed by atoms with Crippen LogP contribution in [0.1, 0.15) is 48.9 Å². The minimum Gasteiger partial charge on any atom is -0.491 e. The molecule has 1 aromatic heterocycles. The number of nitriles is 1. The van der Waals surface area contributed by atoms with Crippen molar-refractivity contribution in [3.05, 3.63) is 89.1 Å². The van der Waals surface area contributed by atoms with Crippen molar-refractivity contribution in [2.75, 3.05) is 13.2 Å². The highest BCUT2D eigenvalue weighted by atomic mass is 19.4. The molecular formula is C29H30F3N3O4. The summed E-state index contributed by atoms with van der Waals surface area (Å²) in [6.07, 6.45) is -3.38. The molecule has 0 fully saturated rings. The van der Waals surface area contributed by atoms with Gasteiger partial charge in [0.1, 0.15) is 12.4 Å². The summed E-state index contributed by atoms with van der Waals surface area (Å²) in [6, 6.07) is 18.1. The van der Waals surface area contributed by atoms with Gasteiger partial charge in [0.25, 0.3) is 5.91 Å². The van der Waals surface area contributed by atoms with Crippen molar-refractivity contribution in [3.63, 3.8) is 0 Å². The van der Waals surface area contributed by atoms with E-state index >= 15 is 0 Å². The number of ether oxygens (including phenoxy) is 2. The summed E-state index contributed by atoms with van der Waals surface area (Å²) in [7, 11) is 0. The number of pyridine rings is 1. The zero-order valence-corrected chi connectivity index (χ0v) is 21.8. The number of hydrogen-bond donors (Lipinski definition) is 2. The average Bonchev–Trinajstić information content (AvgIpc) is 2.90. The third kappa shape index (κ3) is 8.19. The molecule has 2 N–H and O–H groups in total. The zero-order chi connectivity index (χ0) is 28.6. The van der Waals surface area contributed by atoms with E-state index in [1.54, 1.807) is 24.3 Å². The number of carbonyl (C=O) groups is 1. The fraction of sp³-hybridized carbons (Fsp3) is 0.345. The Hall–Kier alpha value is -4.10. The van der Waals surface area contributed by atoms with Gasteiger partial charge in [0.2, 0.25) is 5.88 Å². The number of hydrogen-bond acceptors (Lipinski definition) is 6. The molecule has 2 atom stereocenters. The van der Waals surface area contributed by atoms with Crippen molar-refractivity contribution in [1.29, 1.82) is 5.26 Å². The normalized spacial score (nSPS) is 13.2. The monoisotopic (exact) mass is 541 g/mol. The van der Waals surface area contributed by atoms with Gasteiger partial charge in [-0.15, -0.1) is 0 Å². The average molecular weight is 542 g/mol. The highest BCUT2D eigenvalue weighted by molar-refractivity contribution is 5.85. The highest BCUT2D eigenvalue weighted by Gasteiger charge is 2.34. The van der Waals surface area contributed by atoms with Crippen LogP contribution in [0.5, 0.6) is 11.6 Å². The van der Waals surface area contributed by atoms with Crippen LogP contribution in [0.4, 0.5) is 13.2 Å². The van der Waals surface area contributed by atoms with Crippen LogP contribution in [0.2, 0.25) is 0 Å². The number of nitrogens with zero attached hydrogens (tertiary/aromatic N) is 2. The maximum absolute atomic E-state index is 13.2. The number of aliphatic hydroxyl groups is 1. The smallest absolute Gasteiger partial charge is 0.417 e. The lowest BCUT2D eigenvalue weighted by molar-refractivity contribution is -0.138. The van der Waals surface area contributed by atoms with Crippen molar-refractivity contribution in [1.82, 2.24) is 10.3 Å². The highest BCUT2D eigenvalue weighted by Crippen LogP contribution is 2.30. The number of amides is 1. The van der Waals surface area contributed by atoms with E-state index in [4.69, 9.17) is 14.6 Å². The quantitative estimate of drug-likeness (QED) is 0.353. The van der Waals surface area contributed by atoms with Crippen LogP contribution in [-0.4, -0.2) is 40.9 Å². The first kappa shape index (κ1) is 29.5. The van der Waals surface area contributed by atoms with Crippen molar-refractivity contribution in [2.45, 2.75) is 50.9 Å². The van der Waals surface area contributed by atoms with Gasteiger partial charge in [0, 0.05) is 24.2 Å². The molecule has 2 aromatic carbocycles. The molecular weight excluding hydrogens is 511 g/mol. The molecule has 0 aliphatic heterocycles. The molecule has 0 saturated heterocycles. The van der Waals surface area contributed by atoms with Gasteiger partial charge in [-0.2, -0.15) is 18.4 Å². The van der Waals surface area contributed by atoms with Crippen LogP contribution in [0.3, 0.4) is 0 Å². The van der Waals surface area contributed by atoms with Crippen molar-refractivity contribution in [3.8, 4) is 17.7 Å². The number of halogens is 3. The van der Waals surface area contributed by atoms with Gasteiger partial charge >= 0.3 is 6.18 Å². The molecule has 2 unspecified atom stereocenters. The van der Waals surface area contributed by atoms with Crippen LogP contribution in [0.25, 0.3) is 0 Å². The Kier molecular flexibility index (Phi) is 9.54. The van der Waals surface area contributed by atoms with Gasteiger partial charge in [-0.3, -0.25) is 4.79 Å². The maximum atomic E-state index is 13.2. The standard InChI is InChI=1S/C29H30F3N3O4/c1-19(35-27(37)28(2,3)39-26-11-10-23(18-34-26)29(30,31)32)25(22-8-4-7-21(14-22)17-33)16-20-6-5-9-24(15-20)38-13-12-36/h4-11,14-15,18-19,25,36H,12-13,16H2,1-3H3,(H,35,37). The Bertz CT molecular complexity index is 1300. The maximum Gasteiger partial charge on any atom is 0.417 e. The van der Waals surface area contributed by atoms with E-state index in [1.165, 1.54) is 13.8 Å². The molecule has 0 bridgehead atoms. The van der Waals surface area contributed by atoms with E-state index in [2.05, 4.69) is 16.4 Å². The first-order valence-electron chi connectivity index (χ1n) is 12.3. The number of alkyl halides is 3. The summed E-state index contributed by atoms with van der Waals surface area (Å²) in [4.78, 5) is 16.9. The summed E-state index contributed by atoms with van der Waals surface area (Å²) < 4.78 is 49.7. The third-order valence-electron chi connectivity index (χ3n) is 6.09. The fourth-order valence-electron chi connectivity index (χ4n) is 4.00. The minimum absolute atomic E-state index is 0.114. The lowest BCUT2D eigenvalue weighted by Gasteiger charge is -2.30. The molecule has 3 rings (SSSR count). The molecule has 0 radical (unpaired) electrons. The first-order valence-corrected chi connectivity index (χ1v) is 12.3. The summed E-state index contributed by atoms with van der Waals surface area (Å²) in [5, 5.41) is 21.4. The SMILES string of the molecule is CC(NC(=O)C(C)(C)Oc1ccc(C(F)(F)F)cn1)C(Cc1cccc(OCCO)c1)c1cccc(C#N)c1. The molecule has 39 heavy (non-hydrogen) atoms. The summed E-state index contributed by atoms with van der Waals surface area (Å²) >= 11 is 0. The van der Waals surface area contributed by atoms with Crippen LogP contribution < -0.4 is 14.8 Å². The molecule has 206 valence electrons. The number of benzene rings is 2. The van der Waals surface area contributed by atoms with Gasteiger partial charge in [0.05, 0.1) is 23.8 Å². The van der Waals surface area contributed by atoms with E-state index in [1.807, 2.05) is 31.2 Å². The van der Waals surface area contributed by atoms with Crippen LogP contribution in [0, 0.1) is 11.3 Å². The summed E-state index contributed by atoms with van der Waals surface area (Å²) in [6.45, 7) is 4.88. The number of aromatic nitrogens is 1. The second kappa shape index (κ2) is 12.6. The Labute approximate surface area is 225 Å². The Morgan fingerprint density at radius 3 is 2.51 bits per heavy atom. The molecule has 10 heteroatoms. The Balaban J connectivity index is 1.80. The molecule has 0 spiro atoms. The van der Waals surface area contributed by atoms with Crippen molar-refractivity contribution >= 4 is 5.91 Å². The molecule has 1 heterocycles. The number of nitrogens with one attached hydrogen (secondary N) is 1. The van der Waals surface area contributed by atoms with E-state index in [0.717, 1.165) is 23.3 Å². The third-order valence-corrected chi connectivity index (χ3v) is 6.09. The van der Waals surface area contributed by atoms with Crippen LogP contribution >= 0.6 is 0 Å². The van der Waals surface area contributed by atoms with Gasteiger partial charge in [-0.25, -0.2) is 4.98 Å². The molecule has 3 aromatic rings. The Morgan fingerprint density at radius 2 is 1.87 bits per heavy atom. The van der Waals surface area contributed by atoms with Crippen molar-refractivity contribution < 1.29 is 32.5 Å². The van der Waals surface area contributed by atoms with Crippen LogP contribution in [0.15, 0.2) is 66.9 Å². The number of aliphatic hydroxyl groups excluding tert-OH is 1. The zero-order valence-electron chi connectivity index (χ0n) is 21.8. The molecule has 0 aliphatic carbocycles. The topological polar surface area (TPSA) is 104 Å². The van der Waals surface area contributed by atoms with Gasteiger partial charge in [-0.05, 0) is 68.7 Å². The van der Waals surface area contributed by atoms with E-state index in [9.17, 15) is 23.2 Å². The predicted octanol–water partition coefficient (Wildman–Crippen LogP) is 5.03. The van der Waals surface area contributed by atoms with Crippen LogP contribution in [-0.2, 0) is 17.4 Å². The number of carbonyl (C=O) groups excluding carboxylic acids is 1. The second-order valence-electron chi connectivity index (χ2n) is 9.52. The molecule has 1 amide bonds. The molecule has 0 saturated carbocycles. The lowest BCUT2D eigenvalue weighted by Crippen LogP contribution is -2.51. The van der Waals surface area contributed by atoms with E-state index in [-0.39, 0.29) is 25.0 Å². The first-order chi connectivity index (χ1) is 18.4. The predicted molar refractivity (Wildman–Crippen MR) is 138 cm³/mol. The van der Waals surface area contributed by atoms with Crippen molar-refractivity contribution in [2.24, 2.45) is 0 Å². The number of rotatable bonds is 11. The second-order valence-corrected chi connectivity index (χ2v) is 9.52. The summed E-state index contributed by atoms with van der Waals surface area (Å²) in [5.74, 6) is -0.261. The fourth-order valence-corrected chi connectivity index (χ4v) is 4.00. The summed E-state index contributed by atoms with van der Waals surface area (Å²) in [5.41, 5.74) is -0.125. The minimum atomic E-state index is -4.53. The molecule has 0 aliphatic rings. The largest absolute Gasteiger partial charge is 0.491 e. The Morgan fingerprint density at radius 1 is 1.13 bits per heavy atom. The lowest BCUT2D eigenvalue weighted by atomic mass is 9.85. The van der Waals surface area contributed by atoms with E-state index < -0.39 is 29.3 Å². The van der Waals surface area contributed by atoms with Gasteiger partial charge < -0.3 is 19.9 Å². The molecule has 7 nitrogen and oxygen atoms in total. The van der Waals surface area contributed by atoms with E-state index in [0.29, 0.717) is 23.9 Å². The van der Waals surface area contributed by atoms with Gasteiger partial charge in [0.15, 0.2) is 5.60 Å². The van der Waals surface area contributed by atoms with Gasteiger partial charge in [-0.1, -0.05) is 24.3 Å².